The highest BCUT2D eigenvalue weighted by Gasteiger charge is 2.37. The second-order valence-electron chi connectivity index (χ2n) is 6.46. The van der Waals surface area contributed by atoms with Gasteiger partial charge in [0, 0.05) is 18.6 Å². The van der Waals surface area contributed by atoms with Crippen LogP contribution in [0.2, 0.25) is 0 Å². The molecule has 0 radical (unpaired) electrons. The summed E-state index contributed by atoms with van der Waals surface area (Å²) in [7, 11) is 0. The van der Waals surface area contributed by atoms with E-state index in [-0.39, 0.29) is 36.7 Å². The van der Waals surface area contributed by atoms with Crippen molar-refractivity contribution >= 4 is 24.2 Å². The summed E-state index contributed by atoms with van der Waals surface area (Å²) in [6.07, 6.45) is 7.19. The first-order valence-corrected chi connectivity index (χ1v) is 7.85. The van der Waals surface area contributed by atoms with Gasteiger partial charge < -0.3 is 16.0 Å². The Labute approximate surface area is 133 Å². The van der Waals surface area contributed by atoms with Gasteiger partial charge in [0.2, 0.25) is 11.8 Å². The molecule has 2 amide bonds. The molecule has 5 nitrogen and oxygen atoms in total. The van der Waals surface area contributed by atoms with Crippen LogP contribution in [0.15, 0.2) is 0 Å². The van der Waals surface area contributed by atoms with Crippen LogP contribution in [0, 0.1) is 5.92 Å². The van der Waals surface area contributed by atoms with Crippen LogP contribution >= 0.6 is 12.4 Å². The summed E-state index contributed by atoms with van der Waals surface area (Å²) in [6.45, 7) is 3.72. The zero-order valence-corrected chi connectivity index (χ0v) is 13.7. The van der Waals surface area contributed by atoms with E-state index in [1.165, 1.54) is 6.42 Å². The van der Waals surface area contributed by atoms with Crippen LogP contribution < -0.4 is 11.1 Å². The lowest BCUT2D eigenvalue weighted by atomic mass is 9.74. The Morgan fingerprint density at radius 3 is 2.48 bits per heavy atom. The quantitative estimate of drug-likeness (QED) is 0.827. The summed E-state index contributed by atoms with van der Waals surface area (Å²) in [6, 6.07) is 0. The SMILES string of the molecule is CC1(N)CCCCC1C(=O)NCC(=O)N1CCCCC1.Cl. The standard InChI is InChI=1S/C15H27N3O2.ClH/c1-15(16)8-4-3-7-12(15)14(20)17-11-13(19)18-9-5-2-6-10-18;/h12H,2-11,16H2,1H3,(H,17,20);1H. The average Bonchev–Trinajstić information content (AvgIpc) is 2.45. The van der Waals surface area contributed by atoms with E-state index in [1.807, 2.05) is 11.8 Å². The van der Waals surface area contributed by atoms with Crippen molar-refractivity contribution in [2.45, 2.75) is 57.4 Å². The van der Waals surface area contributed by atoms with E-state index >= 15 is 0 Å². The predicted molar refractivity (Wildman–Crippen MR) is 85.2 cm³/mol. The number of halogens is 1. The van der Waals surface area contributed by atoms with Crippen molar-refractivity contribution < 1.29 is 9.59 Å². The molecule has 3 N–H and O–H groups in total. The van der Waals surface area contributed by atoms with Crippen LogP contribution in [-0.4, -0.2) is 41.9 Å². The van der Waals surface area contributed by atoms with Crippen molar-refractivity contribution in [1.82, 2.24) is 10.2 Å². The van der Waals surface area contributed by atoms with Gasteiger partial charge >= 0.3 is 0 Å². The molecule has 6 heteroatoms. The smallest absolute Gasteiger partial charge is 0.241 e. The maximum atomic E-state index is 12.2. The first-order valence-electron chi connectivity index (χ1n) is 7.85. The zero-order chi connectivity index (χ0) is 14.6. The van der Waals surface area contributed by atoms with Crippen LogP contribution in [-0.2, 0) is 9.59 Å². The Morgan fingerprint density at radius 2 is 1.86 bits per heavy atom. The van der Waals surface area contributed by atoms with Gasteiger partial charge in [-0.15, -0.1) is 12.4 Å². The fourth-order valence-electron chi connectivity index (χ4n) is 3.33. The normalized spacial score (nSPS) is 29.4. The number of hydrogen-bond acceptors (Lipinski definition) is 3. The van der Waals surface area contributed by atoms with Crippen LogP contribution in [0.3, 0.4) is 0 Å². The van der Waals surface area contributed by atoms with Gasteiger partial charge in [0.05, 0.1) is 12.5 Å². The van der Waals surface area contributed by atoms with Crippen molar-refractivity contribution in [2.75, 3.05) is 19.6 Å². The molecule has 2 rings (SSSR count). The molecule has 1 saturated heterocycles. The zero-order valence-electron chi connectivity index (χ0n) is 12.9. The molecule has 1 heterocycles. The third kappa shape index (κ3) is 4.85. The van der Waals surface area contributed by atoms with E-state index in [2.05, 4.69) is 5.32 Å². The number of nitrogens with zero attached hydrogens (tertiary/aromatic N) is 1. The molecule has 1 saturated carbocycles. The third-order valence-corrected chi connectivity index (χ3v) is 4.69. The molecular weight excluding hydrogens is 290 g/mol. The van der Waals surface area contributed by atoms with Crippen molar-refractivity contribution in [2.24, 2.45) is 11.7 Å². The molecule has 1 aliphatic heterocycles. The summed E-state index contributed by atoms with van der Waals surface area (Å²) in [5.74, 6) is -0.182. The Hall–Kier alpha value is -0.810. The maximum absolute atomic E-state index is 12.2. The van der Waals surface area contributed by atoms with E-state index in [0.29, 0.717) is 0 Å². The van der Waals surface area contributed by atoms with Crippen molar-refractivity contribution in [3.63, 3.8) is 0 Å². The second-order valence-corrected chi connectivity index (χ2v) is 6.46. The summed E-state index contributed by atoms with van der Waals surface area (Å²) < 4.78 is 0. The minimum Gasteiger partial charge on any atom is -0.347 e. The molecule has 2 fully saturated rings. The van der Waals surface area contributed by atoms with Crippen LogP contribution in [0.1, 0.15) is 51.9 Å². The van der Waals surface area contributed by atoms with Gasteiger partial charge in [0.1, 0.15) is 0 Å². The summed E-state index contributed by atoms with van der Waals surface area (Å²) in [5.41, 5.74) is 5.78. The van der Waals surface area contributed by atoms with E-state index in [9.17, 15) is 9.59 Å². The molecule has 122 valence electrons. The van der Waals surface area contributed by atoms with Gasteiger partial charge in [-0.2, -0.15) is 0 Å². The molecule has 2 atom stereocenters. The highest BCUT2D eigenvalue weighted by Crippen LogP contribution is 2.31. The molecule has 2 unspecified atom stereocenters. The number of carbonyl (C=O) groups is 2. The Morgan fingerprint density at radius 1 is 1.19 bits per heavy atom. The average molecular weight is 318 g/mol. The topological polar surface area (TPSA) is 75.4 Å². The van der Waals surface area contributed by atoms with E-state index < -0.39 is 5.54 Å². The monoisotopic (exact) mass is 317 g/mol. The van der Waals surface area contributed by atoms with Crippen molar-refractivity contribution in [3.05, 3.63) is 0 Å². The predicted octanol–water partition coefficient (Wildman–Crippen LogP) is 1.44. The fraction of sp³-hybridized carbons (Fsp3) is 0.867. The number of carbonyl (C=O) groups excluding carboxylic acids is 2. The second kappa shape index (κ2) is 7.99. The van der Waals surface area contributed by atoms with Gasteiger partial charge in [-0.25, -0.2) is 0 Å². The van der Waals surface area contributed by atoms with Gasteiger partial charge in [0.15, 0.2) is 0 Å². The lowest BCUT2D eigenvalue weighted by Gasteiger charge is -2.37. The number of amides is 2. The molecule has 0 aromatic heterocycles. The first kappa shape index (κ1) is 18.2. The van der Waals surface area contributed by atoms with E-state index in [1.54, 1.807) is 0 Å². The highest BCUT2D eigenvalue weighted by molar-refractivity contribution is 5.86. The highest BCUT2D eigenvalue weighted by atomic mass is 35.5. The number of hydrogen-bond donors (Lipinski definition) is 2. The molecule has 0 bridgehead atoms. The third-order valence-electron chi connectivity index (χ3n) is 4.69. The first-order chi connectivity index (χ1) is 9.50. The molecular formula is C15H28ClN3O2. The summed E-state index contributed by atoms with van der Waals surface area (Å²) in [5, 5.41) is 2.79. The van der Waals surface area contributed by atoms with Gasteiger partial charge in [-0.05, 0) is 39.0 Å². The minimum absolute atomic E-state index is 0. The number of nitrogens with two attached hydrogens (primary N) is 1. The van der Waals surface area contributed by atoms with Crippen LogP contribution in [0.25, 0.3) is 0 Å². The summed E-state index contributed by atoms with van der Waals surface area (Å²) >= 11 is 0. The molecule has 0 aromatic rings. The number of rotatable bonds is 3. The van der Waals surface area contributed by atoms with Crippen LogP contribution in [0.5, 0.6) is 0 Å². The Bertz CT molecular complexity index is 368. The van der Waals surface area contributed by atoms with Gasteiger partial charge in [-0.1, -0.05) is 12.8 Å². The largest absolute Gasteiger partial charge is 0.347 e. The van der Waals surface area contributed by atoms with E-state index in [4.69, 9.17) is 5.73 Å². The number of nitrogens with one attached hydrogen (secondary N) is 1. The number of likely N-dealkylation sites (tertiary alicyclic amines) is 1. The van der Waals surface area contributed by atoms with Crippen molar-refractivity contribution in [3.8, 4) is 0 Å². The van der Waals surface area contributed by atoms with Crippen LogP contribution in [0.4, 0.5) is 0 Å². The lowest BCUT2D eigenvalue weighted by Crippen LogP contribution is -2.54. The van der Waals surface area contributed by atoms with Gasteiger partial charge in [0.25, 0.3) is 0 Å². The maximum Gasteiger partial charge on any atom is 0.241 e. The molecule has 0 spiro atoms. The molecule has 1 aliphatic carbocycles. The lowest BCUT2D eigenvalue weighted by molar-refractivity contribution is -0.135. The molecule has 21 heavy (non-hydrogen) atoms. The Kier molecular flexibility index (Phi) is 6.94. The van der Waals surface area contributed by atoms with Gasteiger partial charge in [-0.3, -0.25) is 9.59 Å². The Balaban J connectivity index is 0.00000220. The van der Waals surface area contributed by atoms with Crippen molar-refractivity contribution in [1.29, 1.82) is 0 Å². The molecule has 0 aromatic carbocycles. The number of piperidine rings is 1. The fourth-order valence-corrected chi connectivity index (χ4v) is 3.33. The van der Waals surface area contributed by atoms with E-state index in [0.717, 1.165) is 51.6 Å². The molecule has 2 aliphatic rings. The summed E-state index contributed by atoms with van der Waals surface area (Å²) in [4.78, 5) is 26.1. The minimum atomic E-state index is -0.434.